The summed E-state index contributed by atoms with van der Waals surface area (Å²) in [6.07, 6.45) is 0.542. The number of benzene rings is 1. The summed E-state index contributed by atoms with van der Waals surface area (Å²) in [5, 5.41) is 4.30. The average Bonchev–Trinajstić information content (AvgIpc) is 2.62. The van der Waals surface area contributed by atoms with Crippen LogP contribution in [-0.2, 0) is 24.7 Å². The molecule has 0 amide bonds. The van der Waals surface area contributed by atoms with Gasteiger partial charge in [0.15, 0.2) is 0 Å². The highest BCUT2D eigenvalue weighted by Gasteiger charge is 2.15. The Morgan fingerprint density at radius 3 is 2.65 bits per heavy atom. The molecular formula is C15H16BrFN2O. The van der Waals surface area contributed by atoms with Crippen molar-refractivity contribution >= 4 is 21.7 Å². The first-order valence-corrected chi connectivity index (χ1v) is 7.13. The first-order valence-electron chi connectivity index (χ1n) is 6.33. The maximum absolute atomic E-state index is 13.4. The van der Waals surface area contributed by atoms with Crippen molar-refractivity contribution in [3.05, 3.63) is 51.0 Å². The van der Waals surface area contributed by atoms with Gasteiger partial charge in [-0.15, -0.1) is 0 Å². The Morgan fingerprint density at radius 2 is 2.05 bits per heavy atom. The van der Waals surface area contributed by atoms with Crippen LogP contribution in [-0.4, -0.2) is 15.6 Å². The van der Waals surface area contributed by atoms with Gasteiger partial charge in [-0.2, -0.15) is 5.10 Å². The number of ketones is 1. The van der Waals surface area contributed by atoms with Gasteiger partial charge in [0.05, 0.1) is 10.2 Å². The first kappa shape index (κ1) is 14.9. The van der Waals surface area contributed by atoms with Crippen LogP contribution in [0.4, 0.5) is 4.39 Å². The number of aryl methyl sites for hydroxylation is 2. The van der Waals surface area contributed by atoms with Crippen molar-refractivity contribution in [1.82, 2.24) is 9.78 Å². The van der Waals surface area contributed by atoms with Crippen molar-refractivity contribution in [2.45, 2.75) is 26.7 Å². The van der Waals surface area contributed by atoms with Crippen molar-refractivity contribution in [2.24, 2.45) is 7.05 Å². The lowest BCUT2D eigenvalue weighted by atomic mass is 10.0. The molecule has 2 aromatic rings. The third-order valence-corrected chi connectivity index (χ3v) is 4.34. The minimum atomic E-state index is -0.343. The second-order valence-corrected chi connectivity index (χ2v) is 5.67. The molecule has 0 aliphatic rings. The van der Waals surface area contributed by atoms with Crippen molar-refractivity contribution in [3.8, 4) is 0 Å². The van der Waals surface area contributed by atoms with Crippen LogP contribution in [0.15, 0.2) is 22.7 Å². The molecule has 0 unspecified atom stereocenters. The number of nitrogens with zero attached hydrogens (tertiary/aromatic N) is 2. The summed E-state index contributed by atoms with van der Waals surface area (Å²) in [4.78, 5) is 12.2. The van der Waals surface area contributed by atoms with E-state index in [0.29, 0.717) is 16.5 Å². The SMILES string of the molecule is Cc1nn(C)c(C)c1CC(=O)Cc1cccc(F)c1Br. The summed E-state index contributed by atoms with van der Waals surface area (Å²) >= 11 is 3.18. The zero-order valence-corrected chi connectivity index (χ0v) is 13.3. The fourth-order valence-corrected chi connectivity index (χ4v) is 2.63. The molecule has 0 aliphatic carbocycles. The molecule has 0 fully saturated rings. The summed E-state index contributed by atoms with van der Waals surface area (Å²) in [5.74, 6) is -0.292. The van der Waals surface area contributed by atoms with Crippen LogP contribution in [0.1, 0.15) is 22.5 Å². The molecule has 0 bridgehead atoms. The van der Waals surface area contributed by atoms with E-state index in [9.17, 15) is 9.18 Å². The van der Waals surface area contributed by atoms with Crippen molar-refractivity contribution in [3.63, 3.8) is 0 Å². The lowest BCUT2D eigenvalue weighted by molar-refractivity contribution is -0.117. The number of aromatic nitrogens is 2. The number of rotatable bonds is 4. The van der Waals surface area contributed by atoms with E-state index in [1.54, 1.807) is 16.8 Å². The van der Waals surface area contributed by atoms with Crippen molar-refractivity contribution < 1.29 is 9.18 Å². The molecule has 0 radical (unpaired) electrons. The third-order valence-electron chi connectivity index (χ3n) is 3.45. The van der Waals surface area contributed by atoms with Gasteiger partial charge in [-0.05, 0) is 41.4 Å². The minimum Gasteiger partial charge on any atom is -0.299 e. The van der Waals surface area contributed by atoms with Crippen LogP contribution in [0.25, 0.3) is 0 Å². The first-order chi connectivity index (χ1) is 9.40. The number of hydrogen-bond acceptors (Lipinski definition) is 2. The molecule has 5 heteroatoms. The normalized spacial score (nSPS) is 10.8. The summed E-state index contributed by atoms with van der Waals surface area (Å²) < 4.78 is 15.6. The molecule has 0 N–H and O–H groups in total. The fraction of sp³-hybridized carbons (Fsp3) is 0.333. The highest BCUT2D eigenvalue weighted by molar-refractivity contribution is 9.10. The van der Waals surface area contributed by atoms with Crippen LogP contribution >= 0.6 is 15.9 Å². The molecule has 1 aromatic carbocycles. The van der Waals surface area contributed by atoms with E-state index in [0.717, 1.165) is 17.0 Å². The Kier molecular flexibility index (Phi) is 4.38. The summed E-state index contributed by atoms with van der Waals surface area (Å²) in [7, 11) is 1.86. The smallest absolute Gasteiger partial charge is 0.141 e. The van der Waals surface area contributed by atoms with Crippen LogP contribution in [0.2, 0.25) is 0 Å². The predicted molar refractivity (Wildman–Crippen MR) is 79.2 cm³/mol. The van der Waals surface area contributed by atoms with Gasteiger partial charge in [-0.3, -0.25) is 9.48 Å². The molecule has 20 heavy (non-hydrogen) atoms. The van der Waals surface area contributed by atoms with Crippen LogP contribution < -0.4 is 0 Å². The second kappa shape index (κ2) is 5.87. The molecule has 0 atom stereocenters. The fourth-order valence-electron chi connectivity index (χ4n) is 2.23. The van der Waals surface area contributed by atoms with Crippen LogP contribution in [0.5, 0.6) is 0 Å². The molecular weight excluding hydrogens is 323 g/mol. The Hall–Kier alpha value is -1.49. The van der Waals surface area contributed by atoms with E-state index in [-0.39, 0.29) is 18.0 Å². The van der Waals surface area contributed by atoms with Crippen LogP contribution in [0, 0.1) is 19.7 Å². The van der Waals surface area contributed by atoms with E-state index in [4.69, 9.17) is 0 Å². The quantitative estimate of drug-likeness (QED) is 0.857. The highest BCUT2D eigenvalue weighted by Crippen LogP contribution is 2.22. The third kappa shape index (κ3) is 2.98. The van der Waals surface area contributed by atoms with Gasteiger partial charge in [0, 0.05) is 31.1 Å². The maximum Gasteiger partial charge on any atom is 0.141 e. The summed E-state index contributed by atoms with van der Waals surface area (Å²) in [6, 6.07) is 4.74. The Balaban J connectivity index is 2.15. The van der Waals surface area contributed by atoms with Gasteiger partial charge in [-0.1, -0.05) is 12.1 Å². The average molecular weight is 339 g/mol. The lowest BCUT2D eigenvalue weighted by Crippen LogP contribution is -2.09. The Bertz CT molecular complexity index is 664. The van der Waals surface area contributed by atoms with Crippen LogP contribution in [0.3, 0.4) is 0 Å². The van der Waals surface area contributed by atoms with E-state index in [1.165, 1.54) is 6.07 Å². The van der Waals surface area contributed by atoms with E-state index in [2.05, 4.69) is 21.0 Å². The molecule has 3 nitrogen and oxygen atoms in total. The zero-order valence-electron chi connectivity index (χ0n) is 11.7. The highest BCUT2D eigenvalue weighted by atomic mass is 79.9. The molecule has 0 spiro atoms. The molecule has 0 aliphatic heterocycles. The second-order valence-electron chi connectivity index (χ2n) is 4.88. The molecule has 106 valence electrons. The molecule has 1 heterocycles. The largest absolute Gasteiger partial charge is 0.299 e. The van der Waals surface area contributed by atoms with E-state index in [1.807, 2.05) is 20.9 Å². The predicted octanol–water partition coefficient (Wildman–Crippen LogP) is 3.29. The van der Waals surface area contributed by atoms with Gasteiger partial charge in [0.2, 0.25) is 0 Å². The van der Waals surface area contributed by atoms with Gasteiger partial charge in [0.25, 0.3) is 0 Å². The monoisotopic (exact) mass is 338 g/mol. The van der Waals surface area contributed by atoms with Crippen molar-refractivity contribution in [1.29, 1.82) is 0 Å². The van der Waals surface area contributed by atoms with Gasteiger partial charge in [-0.25, -0.2) is 4.39 Å². The van der Waals surface area contributed by atoms with E-state index < -0.39 is 0 Å². The molecule has 0 saturated carbocycles. The van der Waals surface area contributed by atoms with E-state index >= 15 is 0 Å². The molecule has 1 aromatic heterocycles. The Morgan fingerprint density at radius 1 is 1.35 bits per heavy atom. The van der Waals surface area contributed by atoms with Gasteiger partial charge in [0.1, 0.15) is 11.6 Å². The van der Waals surface area contributed by atoms with Crippen molar-refractivity contribution in [2.75, 3.05) is 0 Å². The molecule has 0 saturated heterocycles. The minimum absolute atomic E-state index is 0.0514. The number of carbonyl (C=O) groups is 1. The number of Topliss-reactive ketones (excluding diaryl/α,β-unsaturated/α-hetero) is 1. The summed E-state index contributed by atoms with van der Waals surface area (Å²) in [6.45, 7) is 3.84. The summed E-state index contributed by atoms with van der Waals surface area (Å²) in [5.41, 5.74) is 3.50. The number of carbonyl (C=O) groups excluding carboxylic acids is 1. The molecule has 2 rings (SSSR count). The number of hydrogen-bond donors (Lipinski definition) is 0. The topological polar surface area (TPSA) is 34.9 Å². The van der Waals surface area contributed by atoms with Gasteiger partial charge >= 0.3 is 0 Å². The number of halogens is 2. The lowest BCUT2D eigenvalue weighted by Gasteiger charge is -2.05. The maximum atomic E-state index is 13.4. The Labute approximate surface area is 125 Å². The van der Waals surface area contributed by atoms with Gasteiger partial charge < -0.3 is 0 Å². The zero-order chi connectivity index (χ0) is 14.9. The standard InChI is InChI=1S/C15H16BrFN2O/c1-9-13(10(2)19(3)18-9)8-12(20)7-11-5-4-6-14(17)15(11)16/h4-6H,7-8H2,1-3H3.